The molecular weight excluding hydrogens is 272 g/mol. The van der Waals surface area contributed by atoms with Crippen LogP contribution in [0.25, 0.3) is 0 Å². The first kappa shape index (κ1) is 14.7. The van der Waals surface area contributed by atoms with Crippen molar-refractivity contribution in [1.82, 2.24) is 0 Å². The van der Waals surface area contributed by atoms with E-state index in [2.05, 4.69) is 26.8 Å². The number of carbonyl (C=O) groups is 1. The van der Waals surface area contributed by atoms with Gasteiger partial charge >= 0.3 is 0 Å². The predicted molar refractivity (Wildman–Crippen MR) is 87.2 cm³/mol. The van der Waals surface area contributed by atoms with E-state index in [1.54, 1.807) is 5.57 Å². The zero-order chi connectivity index (χ0) is 15.6. The van der Waals surface area contributed by atoms with Crippen molar-refractivity contribution in [3.63, 3.8) is 0 Å². The molecule has 0 aromatic carbocycles. The number of fused-ring (bicyclic) bond motifs is 5. The molecule has 1 N–H and O–H groups in total. The van der Waals surface area contributed by atoms with E-state index in [0.29, 0.717) is 29.5 Å². The molecule has 22 heavy (non-hydrogen) atoms. The molecule has 0 bridgehead atoms. The van der Waals surface area contributed by atoms with Crippen LogP contribution in [0.4, 0.5) is 0 Å². The summed E-state index contributed by atoms with van der Waals surface area (Å²) in [7, 11) is 0. The van der Waals surface area contributed by atoms with E-state index in [-0.39, 0.29) is 17.4 Å². The van der Waals surface area contributed by atoms with Crippen LogP contribution in [0.1, 0.15) is 52.9 Å². The van der Waals surface area contributed by atoms with Crippen molar-refractivity contribution in [3.8, 4) is 0 Å². The fourth-order valence-corrected chi connectivity index (χ4v) is 6.22. The third kappa shape index (κ3) is 1.86. The lowest BCUT2D eigenvalue weighted by Crippen LogP contribution is -2.47. The van der Waals surface area contributed by atoms with E-state index in [1.807, 2.05) is 6.08 Å². The molecule has 0 aromatic rings. The van der Waals surface area contributed by atoms with E-state index < -0.39 is 0 Å². The minimum absolute atomic E-state index is 0.000543. The third-order valence-electron chi connectivity index (χ3n) is 7.28. The lowest BCUT2D eigenvalue weighted by molar-refractivity contribution is -0.115. The largest absolute Gasteiger partial charge is 0.392 e. The molecule has 0 aliphatic heterocycles. The summed E-state index contributed by atoms with van der Waals surface area (Å²) in [5, 5.41) is 10.7. The molecule has 0 saturated heterocycles. The maximum absolute atomic E-state index is 11.8. The van der Waals surface area contributed by atoms with E-state index in [4.69, 9.17) is 0 Å². The second kappa shape index (κ2) is 4.80. The van der Waals surface area contributed by atoms with Crippen molar-refractivity contribution in [2.75, 3.05) is 0 Å². The first-order valence-electron chi connectivity index (χ1n) is 9.05. The van der Waals surface area contributed by atoms with Crippen molar-refractivity contribution in [2.45, 2.75) is 59.0 Å². The van der Waals surface area contributed by atoms with Gasteiger partial charge in [-0.2, -0.15) is 0 Å². The predicted octanol–water partition coefficient (Wildman–Crippen LogP) is 3.90. The number of allylic oxidation sites excluding steroid dienone is 2. The van der Waals surface area contributed by atoms with Crippen molar-refractivity contribution in [2.24, 2.45) is 35.0 Å². The number of carbonyl (C=O) groups excluding carboxylic acids is 1. The summed E-state index contributed by atoms with van der Waals surface area (Å²) in [6.45, 7) is 6.80. The van der Waals surface area contributed by atoms with Crippen LogP contribution in [0.5, 0.6) is 0 Å². The molecule has 0 aromatic heterocycles. The van der Waals surface area contributed by atoms with Crippen LogP contribution in [0.2, 0.25) is 0 Å². The Morgan fingerprint density at radius 1 is 1.27 bits per heavy atom. The van der Waals surface area contributed by atoms with Gasteiger partial charge in [0, 0.05) is 17.8 Å². The highest BCUT2D eigenvalue weighted by molar-refractivity contribution is 5.91. The smallest absolute Gasteiger partial charge is 0.155 e. The zero-order valence-electron chi connectivity index (χ0n) is 14.0. The lowest BCUT2D eigenvalue weighted by atomic mass is 9.51. The molecule has 120 valence electrons. The summed E-state index contributed by atoms with van der Waals surface area (Å²) >= 11 is 0. The van der Waals surface area contributed by atoms with Gasteiger partial charge in [-0.3, -0.25) is 4.79 Å². The molecule has 0 unspecified atom stereocenters. The number of ketones is 1. The van der Waals surface area contributed by atoms with Crippen LogP contribution in [-0.4, -0.2) is 17.0 Å². The Hall–Kier alpha value is -0.890. The average molecular weight is 300 g/mol. The topological polar surface area (TPSA) is 37.3 Å². The Kier molecular flexibility index (Phi) is 3.21. The number of aliphatic hydroxyl groups excluding tert-OH is 1. The van der Waals surface area contributed by atoms with E-state index >= 15 is 0 Å². The van der Waals surface area contributed by atoms with Gasteiger partial charge < -0.3 is 5.11 Å². The summed E-state index contributed by atoms with van der Waals surface area (Å²) in [5.74, 6) is 3.16. The van der Waals surface area contributed by atoms with Gasteiger partial charge in [0.2, 0.25) is 0 Å². The Morgan fingerprint density at radius 3 is 2.82 bits per heavy atom. The van der Waals surface area contributed by atoms with Gasteiger partial charge in [-0.25, -0.2) is 0 Å². The standard InChI is InChI=1S/C20H28O2/c1-11-8-13-10-14(21)4-5-15(13)16-6-7-20(3)17(18(11)16)9-12(2)19(20)22/h9-12,15-16,18-19,22H,4-8H2,1-3H3/t11-,12-,15+,16-,18-,19+,20+/m1/s1. The summed E-state index contributed by atoms with van der Waals surface area (Å²) in [5.41, 5.74) is 2.98. The minimum atomic E-state index is -0.208. The molecule has 7 atom stereocenters. The fraction of sp³-hybridized carbons (Fsp3) is 0.750. The summed E-state index contributed by atoms with van der Waals surface area (Å²) < 4.78 is 0. The number of aliphatic hydroxyl groups is 1. The Morgan fingerprint density at radius 2 is 2.05 bits per heavy atom. The molecule has 0 spiro atoms. The monoisotopic (exact) mass is 300 g/mol. The number of hydrogen-bond acceptors (Lipinski definition) is 2. The molecule has 2 saturated carbocycles. The Balaban J connectivity index is 1.73. The Bertz CT molecular complexity index is 572. The van der Waals surface area contributed by atoms with Crippen molar-refractivity contribution >= 4 is 5.78 Å². The maximum Gasteiger partial charge on any atom is 0.155 e. The quantitative estimate of drug-likeness (QED) is 0.689. The third-order valence-corrected chi connectivity index (χ3v) is 7.28. The van der Waals surface area contributed by atoms with Gasteiger partial charge in [-0.05, 0) is 55.4 Å². The second-order valence-electron chi connectivity index (χ2n) is 8.58. The fourth-order valence-electron chi connectivity index (χ4n) is 6.22. The molecular formula is C20H28O2. The van der Waals surface area contributed by atoms with Crippen LogP contribution in [0.15, 0.2) is 23.3 Å². The van der Waals surface area contributed by atoms with Gasteiger partial charge in [0.05, 0.1) is 6.10 Å². The molecule has 4 aliphatic carbocycles. The summed E-state index contributed by atoms with van der Waals surface area (Å²) in [6, 6.07) is 0. The average Bonchev–Trinajstić information content (AvgIpc) is 2.70. The normalized spacial score (nSPS) is 50.6. The summed E-state index contributed by atoms with van der Waals surface area (Å²) in [4.78, 5) is 11.8. The molecule has 0 heterocycles. The zero-order valence-corrected chi connectivity index (χ0v) is 14.0. The van der Waals surface area contributed by atoms with Gasteiger partial charge in [0.1, 0.15) is 0 Å². The molecule has 0 radical (unpaired) electrons. The molecule has 2 heteroatoms. The highest BCUT2D eigenvalue weighted by Crippen LogP contribution is 2.61. The van der Waals surface area contributed by atoms with E-state index in [9.17, 15) is 9.90 Å². The molecule has 2 nitrogen and oxygen atoms in total. The van der Waals surface area contributed by atoms with E-state index in [0.717, 1.165) is 25.7 Å². The number of hydrogen-bond donors (Lipinski definition) is 1. The summed E-state index contributed by atoms with van der Waals surface area (Å²) in [6.07, 6.45) is 9.34. The first-order valence-corrected chi connectivity index (χ1v) is 9.05. The molecule has 0 amide bonds. The van der Waals surface area contributed by atoms with Crippen LogP contribution in [0.3, 0.4) is 0 Å². The molecule has 2 fully saturated rings. The van der Waals surface area contributed by atoms with Crippen LogP contribution in [-0.2, 0) is 4.79 Å². The van der Waals surface area contributed by atoms with Crippen molar-refractivity contribution in [3.05, 3.63) is 23.3 Å². The minimum Gasteiger partial charge on any atom is -0.392 e. The van der Waals surface area contributed by atoms with Gasteiger partial charge in [-0.15, -0.1) is 0 Å². The Labute approximate surface area is 133 Å². The first-order chi connectivity index (χ1) is 10.4. The second-order valence-corrected chi connectivity index (χ2v) is 8.58. The van der Waals surface area contributed by atoms with Crippen LogP contribution < -0.4 is 0 Å². The lowest BCUT2D eigenvalue weighted by Gasteiger charge is -2.53. The van der Waals surface area contributed by atoms with Crippen molar-refractivity contribution in [1.29, 1.82) is 0 Å². The maximum atomic E-state index is 11.8. The van der Waals surface area contributed by atoms with Gasteiger partial charge in [-0.1, -0.05) is 38.0 Å². The van der Waals surface area contributed by atoms with Crippen molar-refractivity contribution < 1.29 is 9.90 Å². The highest BCUT2D eigenvalue weighted by Gasteiger charge is 2.55. The van der Waals surface area contributed by atoms with Crippen LogP contribution in [0, 0.1) is 35.0 Å². The van der Waals surface area contributed by atoms with Gasteiger partial charge in [0.15, 0.2) is 5.78 Å². The number of rotatable bonds is 0. The van der Waals surface area contributed by atoms with Crippen LogP contribution >= 0.6 is 0 Å². The SMILES string of the molecule is C[C@@H]1C=C2[C@H]3[C@H](CC[C@]2(C)[C@H]1O)[C@H]1CCC(=O)C=C1C[C@H]3C. The van der Waals surface area contributed by atoms with E-state index in [1.165, 1.54) is 12.0 Å². The molecule has 4 aliphatic rings. The molecule has 4 rings (SSSR count). The van der Waals surface area contributed by atoms with Gasteiger partial charge in [0.25, 0.3) is 0 Å². The highest BCUT2D eigenvalue weighted by atomic mass is 16.3.